The monoisotopic (exact) mass is 302 g/mol. The van der Waals surface area contributed by atoms with E-state index in [0.29, 0.717) is 5.92 Å². The predicted octanol–water partition coefficient (Wildman–Crippen LogP) is 2.50. The first kappa shape index (κ1) is 16.3. The van der Waals surface area contributed by atoms with Crippen molar-refractivity contribution in [2.24, 2.45) is 11.7 Å². The molecule has 0 aliphatic heterocycles. The Hall–Kier alpha value is -0.770. The fourth-order valence-electron chi connectivity index (χ4n) is 1.97. The molecule has 0 radical (unpaired) electrons. The van der Waals surface area contributed by atoms with Gasteiger partial charge in [-0.15, -0.1) is 12.4 Å². The second-order valence-corrected chi connectivity index (χ2v) is 5.30. The van der Waals surface area contributed by atoms with E-state index < -0.39 is 0 Å². The van der Waals surface area contributed by atoms with E-state index in [2.05, 4.69) is 0 Å². The molecule has 1 saturated carbocycles. The van der Waals surface area contributed by atoms with Crippen LogP contribution in [0.2, 0.25) is 5.02 Å². The first-order valence-corrected chi connectivity index (χ1v) is 6.79. The second kappa shape index (κ2) is 7.73. The third kappa shape index (κ3) is 5.39. The molecule has 0 saturated heterocycles. The van der Waals surface area contributed by atoms with E-state index in [1.54, 1.807) is 0 Å². The van der Waals surface area contributed by atoms with E-state index in [0.717, 1.165) is 24.5 Å². The molecule has 1 aliphatic carbocycles. The minimum Gasteiger partial charge on any atom is -0.341 e. The molecule has 1 aromatic rings. The summed E-state index contributed by atoms with van der Waals surface area (Å²) in [6, 6.07) is 7.77. The van der Waals surface area contributed by atoms with Crippen molar-refractivity contribution in [2.75, 3.05) is 19.6 Å². The molecule has 0 heterocycles. The zero-order valence-corrected chi connectivity index (χ0v) is 12.4. The Morgan fingerprint density at radius 1 is 1.32 bits per heavy atom. The summed E-state index contributed by atoms with van der Waals surface area (Å²) in [4.78, 5) is 13.6. The van der Waals surface area contributed by atoms with E-state index in [1.165, 1.54) is 18.4 Å². The number of amides is 1. The van der Waals surface area contributed by atoms with Crippen LogP contribution in [0.15, 0.2) is 24.3 Å². The minimum absolute atomic E-state index is 0. The van der Waals surface area contributed by atoms with Crippen LogP contribution in [0.4, 0.5) is 0 Å². The lowest BCUT2D eigenvalue weighted by Crippen LogP contribution is -2.38. The van der Waals surface area contributed by atoms with Crippen molar-refractivity contribution in [3.05, 3.63) is 34.9 Å². The van der Waals surface area contributed by atoms with Crippen molar-refractivity contribution in [1.29, 1.82) is 0 Å². The number of nitrogens with two attached hydrogens (primary N) is 1. The molecule has 106 valence electrons. The summed E-state index contributed by atoms with van der Waals surface area (Å²) in [6.07, 6.45) is 3.35. The molecule has 1 aliphatic rings. The molecular formula is C14H20Cl2N2O. The van der Waals surface area contributed by atoms with E-state index in [4.69, 9.17) is 17.3 Å². The van der Waals surface area contributed by atoms with Gasteiger partial charge in [-0.25, -0.2) is 0 Å². The Kier molecular flexibility index (Phi) is 6.63. The zero-order chi connectivity index (χ0) is 13.0. The van der Waals surface area contributed by atoms with Gasteiger partial charge in [0.2, 0.25) is 5.91 Å². The first-order chi connectivity index (χ1) is 8.69. The van der Waals surface area contributed by atoms with Crippen LogP contribution in [0.3, 0.4) is 0 Å². The molecule has 3 nitrogen and oxygen atoms in total. The topological polar surface area (TPSA) is 46.3 Å². The lowest BCUT2D eigenvalue weighted by Gasteiger charge is -2.22. The van der Waals surface area contributed by atoms with Gasteiger partial charge in [0.25, 0.3) is 0 Å². The van der Waals surface area contributed by atoms with Gasteiger partial charge >= 0.3 is 0 Å². The van der Waals surface area contributed by atoms with Crippen LogP contribution >= 0.6 is 24.0 Å². The standard InChI is InChI=1S/C14H19ClN2O.ClH/c15-13-5-3-11(4-6-13)7-8-17(14(18)9-16)10-12-1-2-12;/h3-6,12H,1-2,7-10,16H2;1H. The summed E-state index contributed by atoms with van der Waals surface area (Å²) in [7, 11) is 0. The average Bonchev–Trinajstić information content (AvgIpc) is 3.19. The van der Waals surface area contributed by atoms with Crippen molar-refractivity contribution in [2.45, 2.75) is 19.3 Å². The summed E-state index contributed by atoms with van der Waals surface area (Å²) in [5, 5.41) is 0.742. The Morgan fingerprint density at radius 2 is 1.95 bits per heavy atom. The van der Waals surface area contributed by atoms with Gasteiger partial charge in [-0.05, 0) is 42.9 Å². The maximum atomic E-state index is 11.7. The number of carbonyl (C=O) groups is 1. The van der Waals surface area contributed by atoms with Gasteiger partial charge < -0.3 is 10.6 Å². The highest BCUT2D eigenvalue weighted by molar-refractivity contribution is 6.30. The number of halogens is 2. The third-order valence-electron chi connectivity index (χ3n) is 3.29. The Balaban J connectivity index is 0.00000180. The summed E-state index contributed by atoms with van der Waals surface area (Å²) >= 11 is 5.84. The van der Waals surface area contributed by atoms with E-state index in [1.807, 2.05) is 29.2 Å². The van der Waals surface area contributed by atoms with Crippen LogP contribution in [0.5, 0.6) is 0 Å². The van der Waals surface area contributed by atoms with E-state index in [9.17, 15) is 4.79 Å². The van der Waals surface area contributed by atoms with Gasteiger partial charge in [0.05, 0.1) is 6.54 Å². The highest BCUT2D eigenvalue weighted by atomic mass is 35.5. The van der Waals surface area contributed by atoms with Gasteiger partial charge in [-0.1, -0.05) is 23.7 Å². The maximum Gasteiger partial charge on any atom is 0.236 e. The molecule has 0 atom stereocenters. The Bertz CT molecular complexity index is 404. The number of carbonyl (C=O) groups excluding carboxylic acids is 1. The first-order valence-electron chi connectivity index (χ1n) is 6.41. The SMILES string of the molecule is Cl.NCC(=O)N(CCc1ccc(Cl)cc1)CC1CC1. The van der Waals surface area contributed by atoms with Crippen molar-refractivity contribution in [1.82, 2.24) is 4.90 Å². The second-order valence-electron chi connectivity index (χ2n) is 4.86. The summed E-state index contributed by atoms with van der Waals surface area (Å²) in [5.74, 6) is 0.751. The quantitative estimate of drug-likeness (QED) is 0.877. The molecule has 0 unspecified atom stereocenters. The fraction of sp³-hybridized carbons (Fsp3) is 0.500. The van der Waals surface area contributed by atoms with Gasteiger partial charge in [-0.2, -0.15) is 0 Å². The van der Waals surface area contributed by atoms with Gasteiger partial charge in [0, 0.05) is 18.1 Å². The van der Waals surface area contributed by atoms with Crippen LogP contribution < -0.4 is 5.73 Å². The van der Waals surface area contributed by atoms with Crippen LogP contribution in [0, 0.1) is 5.92 Å². The van der Waals surface area contributed by atoms with Crippen molar-refractivity contribution < 1.29 is 4.79 Å². The molecule has 1 fully saturated rings. The lowest BCUT2D eigenvalue weighted by atomic mass is 10.1. The van der Waals surface area contributed by atoms with Gasteiger partial charge in [0.1, 0.15) is 0 Å². The number of hydrogen-bond donors (Lipinski definition) is 1. The summed E-state index contributed by atoms with van der Waals surface area (Å²) in [6.45, 7) is 1.71. The molecule has 2 N–H and O–H groups in total. The fourth-order valence-corrected chi connectivity index (χ4v) is 2.10. The molecule has 19 heavy (non-hydrogen) atoms. The lowest BCUT2D eigenvalue weighted by molar-refractivity contribution is -0.129. The average molecular weight is 303 g/mol. The largest absolute Gasteiger partial charge is 0.341 e. The molecule has 1 amide bonds. The Labute approximate surface area is 125 Å². The zero-order valence-electron chi connectivity index (χ0n) is 10.8. The number of hydrogen-bond acceptors (Lipinski definition) is 2. The van der Waals surface area contributed by atoms with Crippen LogP contribution in [0.1, 0.15) is 18.4 Å². The van der Waals surface area contributed by atoms with E-state index >= 15 is 0 Å². The third-order valence-corrected chi connectivity index (χ3v) is 3.54. The highest BCUT2D eigenvalue weighted by Crippen LogP contribution is 2.29. The number of nitrogens with zero attached hydrogens (tertiary/aromatic N) is 1. The number of benzene rings is 1. The minimum atomic E-state index is 0. The van der Waals surface area contributed by atoms with Crippen molar-refractivity contribution >= 4 is 29.9 Å². The molecular weight excluding hydrogens is 283 g/mol. The summed E-state index contributed by atoms with van der Waals surface area (Å²) in [5.41, 5.74) is 6.65. The molecule has 1 aromatic carbocycles. The number of rotatable bonds is 6. The van der Waals surface area contributed by atoms with Gasteiger partial charge in [-0.3, -0.25) is 4.79 Å². The molecule has 0 aromatic heterocycles. The van der Waals surface area contributed by atoms with Crippen molar-refractivity contribution in [3.8, 4) is 0 Å². The predicted molar refractivity (Wildman–Crippen MR) is 80.8 cm³/mol. The normalized spacial score (nSPS) is 13.8. The van der Waals surface area contributed by atoms with Crippen LogP contribution in [0.25, 0.3) is 0 Å². The smallest absolute Gasteiger partial charge is 0.236 e. The molecule has 5 heteroatoms. The van der Waals surface area contributed by atoms with E-state index in [-0.39, 0.29) is 24.9 Å². The Morgan fingerprint density at radius 3 is 2.47 bits per heavy atom. The molecule has 0 bridgehead atoms. The van der Waals surface area contributed by atoms with Gasteiger partial charge in [0.15, 0.2) is 0 Å². The summed E-state index contributed by atoms with van der Waals surface area (Å²) < 4.78 is 0. The van der Waals surface area contributed by atoms with Crippen LogP contribution in [-0.4, -0.2) is 30.4 Å². The van der Waals surface area contributed by atoms with Crippen molar-refractivity contribution in [3.63, 3.8) is 0 Å². The highest BCUT2D eigenvalue weighted by Gasteiger charge is 2.25. The molecule has 2 rings (SSSR count). The molecule has 0 spiro atoms. The maximum absolute atomic E-state index is 11.7. The van der Waals surface area contributed by atoms with Crippen LogP contribution in [-0.2, 0) is 11.2 Å².